The number of nitrogens with zero attached hydrogens (tertiary/aromatic N) is 3. The molecular weight excluding hydrogens is 344 g/mol. The maximum atomic E-state index is 12.4. The number of rotatable bonds is 5. The molecule has 0 aliphatic heterocycles. The summed E-state index contributed by atoms with van der Waals surface area (Å²) in [7, 11) is 1.78. The molecule has 0 atom stereocenters. The molecular formula is C20H20N4O3. The Morgan fingerprint density at radius 3 is 2.52 bits per heavy atom. The van der Waals surface area contributed by atoms with Crippen molar-refractivity contribution in [1.29, 1.82) is 0 Å². The van der Waals surface area contributed by atoms with Gasteiger partial charge in [-0.2, -0.15) is 0 Å². The highest BCUT2D eigenvalue weighted by Gasteiger charge is 2.13. The molecule has 2 aromatic carbocycles. The van der Waals surface area contributed by atoms with E-state index in [0.29, 0.717) is 16.7 Å². The molecule has 27 heavy (non-hydrogen) atoms. The summed E-state index contributed by atoms with van der Waals surface area (Å²) in [6.45, 7) is 4.05. The third-order valence-corrected chi connectivity index (χ3v) is 4.39. The lowest BCUT2D eigenvalue weighted by atomic mass is 10.1. The van der Waals surface area contributed by atoms with Crippen molar-refractivity contribution in [2.24, 2.45) is 0 Å². The number of hydrogen-bond acceptors (Lipinski definition) is 5. The van der Waals surface area contributed by atoms with Crippen LogP contribution >= 0.6 is 0 Å². The van der Waals surface area contributed by atoms with E-state index in [4.69, 9.17) is 0 Å². The predicted octanol–water partition coefficient (Wildman–Crippen LogP) is 3.83. The lowest BCUT2D eigenvalue weighted by Gasteiger charge is -2.19. The number of nitrogens with one attached hydrogen (secondary N) is 1. The minimum atomic E-state index is -0.433. The molecule has 0 unspecified atom stereocenters. The number of hydrogen-bond donors (Lipinski definition) is 1. The molecule has 1 heterocycles. The largest absolute Gasteiger partial charge is 0.350 e. The Morgan fingerprint density at radius 2 is 1.85 bits per heavy atom. The average Bonchev–Trinajstić information content (AvgIpc) is 2.63. The van der Waals surface area contributed by atoms with E-state index in [1.807, 2.05) is 32.0 Å². The Kier molecular flexibility index (Phi) is 5.03. The van der Waals surface area contributed by atoms with Crippen molar-refractivity contribution in [1.82, 2.24) is 4.98 Å². The van der Waals surface area contributed by atoms with Gasteiger partial charge in [-0.15, -0.1) is 0 Å². The van der Waals surface area contributed by atoms with Gasteiger partial charge in [-0.1, -0.05) is 18.2 Å². The van der Waals surface area contributed by atoms with Crippen LogP contribution in [-0.2, 0) is 4.79 Å². The number of benzene rings is 2. The van der Waals surface area contributed by atoms with Gasteiger partial charge in [0.15, 0.2) is 0 Å². The summed E-state index contributed by atoms with van der Waals surface area (Å²) in [4.78, 5) is 29.1. The number of fused-ring (bicyclic) bond motifs is 1. The number of aryl methyl sites for hydroxylation is 2. The van der Waals surface area contributed by atoms with Gasteiger partial charge >= 0.3 is 0 Å². The lowest BCUT2D eigenvalue weighted by molar-refractivity contribution is -0.384. The predicted molar refractivity (Wildman–Crippen MR) is 106 cm³/mol. The number of nitro groups is 1. The van der Waals surface area contributed by atoms with Crippen molar-refractivity contribution in [3.05, 3.63) is 69.8 Å². The van der Waals surface area contributed by atoms with Crippen LogP contribution < -0.4 is 10.2 Å². The Bertz CT molecular complexity index is 1010. The average molecular weight is 364 g/mol. The summed E-state index contributed by atoms with van der Waals surface area (Å²) in [6.07, 6.45) is 0. The van der Waals surface area contributed by atoms with Crippen LogP contribution in [0.25, 0.3) is 10.9 Å². The molecule has 0 saturated carbocycles. The molecule has 0 saturated heterocycles. The Labute approximate surface area is 156 Å². The van der Waals surface area contributed by atoms with Crippen molar-refractivity contribution >= 4 is 34.0 Å². The molecule has 0 fully saturated rings. The summed E-state index contributed by atoms with van der Waals surface area (Å²) in [5, 5.41) is 14.5. The van der Waals surface area contributed by atoms with Crippen LogP contribution in [0.15, 0.2) is 48.5 Å². The highest BCUT2D eigenvalue weighted by molar-refractivity contribution is 5.95. The first kappa shape index (κ1) is 18.3. The molecule has 0 radical (unpaired) electrons. The van der Waals surface area contributed by atoms with Gasteiger partial charge in [0.2, 0.25) is 5.91 Å². The van der Waals surface area contributed by atoms with Crippen LogP contribution in [0, 0.1) is 24.0 Å². The second-order valence-electron chi connectivity index (χ2n) is 6.47. The van der Waals surface area contributed by atoms with E-state index in [-0.39, 0.29) is 18.1 Å². The summed E-state index contributed by atoms with van der Waals surface area (Å²) in [5.74, 6) is 0.480. The summed E-state index contributed by atoms with van der Waals surface area (Å²) in [5.41, 5.74) is 3.51. The van der Waals surface area contributed by atoms with Crippen LogP contribution in [-0.4, -0.2) is 29.4 Å². The van der Waals surface area contributed by atoms with E-state index < -0.39 is 4.92 Å². The summed E-state index contributed by atoms with van der Waals surface area (Å²) in [6, 6.07) is 13.9. The van der Waals surface area contributed by atoms with Crippen molar-refractivity contribution in [2.75, 3.05) is 23.8 Å². The second-order valence-corrected chi connectivity index (χ2v) is 6.47. The molecule has 1 N–H and O–H groups in total. The van der Waals surface area contributed by atoms with E-state index in [0.717, 1.165) is 16.8 Å². The quantitative estimate of drug-likeness (QED) is 0.549. The molecule has 3 aromatic rings. The van der Waals surface area contributed by atoms with E-state index >= 15 is 0 Å². The topological polar surface area (TPSA) is 88.4 Å². The minimum Gasteiger partial charge on any atom is -0.350 e. The third kappa shape index (κ3) is 4.03. The lowest BCUT2D eigenvalue weighted by Crippen LogP contribution is -2.31. The van der Waals surface area contributed by atoms with Gasteiger partial charge in [-0.05, 0) is 43.2 Å². The first-order valence-electron chi connectivity index (χ1n) is 8.47. The minimum absolute atomic E-state index is 0.0263. The molecule has 1 aromatic heterocycles. The summed E-state index contributed by atoms with van der Waals surface area (Å²) >= 11 is 0. The molecule has 0 bridgehead atoms. The number of carbonyl (C=O) groups excluding carboxylic acids is 1. The molecule has 0 spiro atoms. The first-order chi connectivity index (χ1) is 12.8. The van der Waals surface area contributed by atoms with Crippen LogP contribution in [0.3, 0.4) is 0 Å². The van der Waals surface area contributed by atoms with E-state index in [1.54, 1.807) is 30.1 Å². The first-order valence-corrected chi connectivity index (χ1v) is 8.47. The monoisotopic (exact) mass is 364 g/mol. The van der Waals surface area contributed by atoms with Gasteiger partial charge in [0, 0.05) is 30.3 Å². The second kappa shape index (κ2) is 7.41. The maximum Gasteiger partial charge on any atom is 0.270 e. The van der Waals surface area contributed by atoms with Gasteiger partial charge in [0.05, 0.1) is 17.0 Å². The van der Waals surface area contributed by atoms with Crippen LogP contribution in [0.1, 0.15) is 11.1 Å². The molecule has 7 heteroatoms. The third-order valence-electron chi connectivity index (χ3n) is 4.39. The highest BCUT2D eigenvalue weighted by atomic mass is 16.6. The zero-order chi connectivity index (χ0) is 19.6. The standard InChI is InChI=1S/C20H20N4O3/c1-13-5-4-6-14(2)20(13)22-19(25)12-23(3)18-10-7-15-11-16(24(26)27)8-9-17(15)21-18/h4-11H,12H2,1-3H3,(H,22,25). The number of likely N-dealkylation sites (N-methyl/N-ethyl adjacent to an activating group) is 1. The van der Waals surface area contributed by atoms with Crippen molar-refractivity contribution < 1.29 is 9.72 Å². The van der Waals surface area contributed by atoms with Crippen LogP contribution in [0.5, 0.6) is 0 Å². The molecule has 7 nitrogen and oxygen atoms in total. The fourth-order valence-corrected chi connectivity index (χ4v) is 2.92. The van der Waals surface area contributed by atoms with Crippen LogP contribution in [0.4, 0.5) is 17.2 Å². The normalized spacial score (nSPS) is 10.6. The van der Waals surface area contributed by atoms with Crippen LogP contribution in [0.2, 0.25) is 0 Å². The fraction of sp³-hybridized carbons (Fsp3) is 0.200. The molecule has 1 amide bonds. The summed E-state index contributed by atoms with van der Waals surface area (Å²) < 4.78 is 0. The Balaban J connectivity index is 1.75. The molecule has 3 rings (SSSR count). The molecule has 138 valence electrons. The van der Waals surface area contributed by atoms with Crippen molar-refractivity contribution in [3.8, 4) is 0 Å². The van der Waals surface area contributed by atoms with Gasteiger partial charge in [-0.3, -0.25) is 14.9 Å². The van der Waals surface area contributed by atoms with Crippen molar-refractivity contribution in [2.45, 2.75) is 13.8 Å². The fourth-order valence-electron chi connectivity index (χ4n) is 2.92. The Hall–Kier alpha value is -3.48. The number of nitro benzene ring substituents is 1. The number of carbonyl (C=O) groups is 1. The van der Waals surface area contributed by atoms with Gasteiger partial charge in [0.1, 0.15) is 5.82 Å². The zero-order valence-corrected chi connectivity index (χ0v) is 15.4. The highest BCUT2D eigenvalue weighted by Crippen LogP contribution is 2.23. The molecule has 0 aliphatic carbocycles. The number of aromatic nitrogens is 1. The zero-order valence-electron chi connectivity index (χ0n) is 15.4. The van der Waals surface area contributed by atoms with E-state index in [2.05, 4.69) is 10.3 Å². The molecule has 0 aliphatic rings. The van der Waals surface area contributed by atoms with Gasteiger partial charge < -0.3 is 10.2 Å². The van der Waals surface area contributed by atoms with Crippen molar-refractivity contribution in [3.63, 3.8) is 0 Å². The number of amides is 1. The smallest absolute Gasteiger partial charge is 0.270 e. The Morgan fingerprint density at radius 1 is 1.15 bits per heavy atom. The number of non-ortho nitro benzene ring substituents is 1. The number of para-hydroxylation sites is 1. The number of anilines is 2. The SMILES string of the molecule is Cc1cccc(C)c1NC(=O)CN(C)c1ccc2cc([N+](=O)[O-])ccc2n1. The number of pyridine rings is 1. The van der Waals surface area contributed by atoms with E-state index in [1.165, 1.54) is 12.1 Å². The van der Waals surface area contributed by atoms with E-state index in [9.17, 15) is 14.9 Å². The van der Waals surface area contributed by atoms with Gasteiger partial charge in [-0.25, -0.2) is 4.98 Å². The maximum absolute atomic E-state index is 12.4. The van der Waals surface area contributed by atoms with Gasteiger partial charge in [0.25, 0.3) is 5.69 Å².